The van der Waals surface area contributed by atoms with Gasteiger partial charge in [-0.2, -0.15) is 0 Å². The summed E-state index contributed by atoms with van der Waals surface area (Å²) in [5.41, 5.74) is 0. The number of halogens is 1. The number of thiazole rings is 1. The molecule has 1 aliphatic heterocycles. The van der Waals surface area contributed by atoms with Crippen LogP contribution in [0.5, 0.6) is 0 Å². The van der Waals surface area contributed by atoms with Crippen molar-refractivity contribution in [3.8, 4) is 0 Å². The van der Waals surface area contributed by atoms with Gasteiger partial charge < -0.3 is 9.80 Å². The average Bonchev–Trinajstić information content (AvgIpc) is 2.71. The van der Waals surface area contributed by atoms with Crippen molar-refractivity contribution in [2.24, 2.45) is 0 Å². The molecule has 16 heavy (non-hydrogen) atoms. The van der Waals surface area contributed by atoms with Gasteiger partial charge in [-0.05, 0) is 14.1 Å². The first-order chi connectivity index (χ1) is 7.69. The molecule has 0 N–H and O–H groups in total. The first-order valence-electron chi connectivity index (χ1n) is 5.57. The van der Waals surface area contributed by atoms with Gasteiger partial charge >= 0.3 is 0 Å². The predicted molar refractivity (Wildman–Crippen MR) is 69.3 cm³/mol. The molecule has 1 aliphatic rings. The Balaban J connectivity index is 1.97. The van der Waals surface area contributed by atoms with Crippen molar-refractivity contribution in [1.29, 1.82) is 0 Å². The molecule has 1 unspecified atom stereocenters. The fourth-order valence-corrected chi connectivity index (χ4v) is 3.10. The zero-order valence-corrected chi connectivity index (χ0v) is 11.4. The number of nitrogens with zero attached hydrogens (tertiary/aromatic N) is 3. The van der Waals surface area contributed by atoms with Crippen molar-refractivity contribution in [3.05, 3.63) is 16.1 Å². The van der Waals surface area contributed by atoms with Crippen LogP contribution in [0.4, 0.5) is 0 Å². The summed E-state index contributed by atoms with van der Waals surface area (Å²) in [5.74, 6) is 0.581. The second-order valence-electron chi connectivity index (χ2n) is 4.45. The smallest absolute Gasteiger partial charge is 0.0944 e. The second kappa shape index (κ2) is 5.45. The highest BCUT2D eigenvalue weighted by Crippen LogP contribution is 2.19. The standard InChI is InChI=1S/C11H18ClN3S/c1-14-3-4-15(2)9(8-14)5-11-13-7-10(6-12)16-11/h7,9H,3-6,8H2,1-2H3. The summed E-state index contributed by atoms with van der Waals surface area (Å²) in [4.78, 5) is 10.4. The van der Waals surface area contributed by atoms with Gasteiger partial charge in [-0.1, -0.05) is 0 Å². The average molecular weight is 260 g/mol. The lowest BCUT2D eigenvalue weighted by molar-refractivity contribution is 0.114. The third kappa shape index (κ3) is 2.94. The lowest BCUT2D eigenvalue weighted by atomic mass is 10.1. The molecule has 0 aliphatic carbocycles. The van der Waals surface area contributed by atoms with Gasteiger partial charge in [0.05, 0.1) is 10.9 Å². The number of alkyl halides is 1. The zero-order valence-electron chi connectivity index (χ0n) is 9.82. The Morgan fingerprint density at radius 1 is 1.50 bits per heavy atom. The van der Waals surface area contributed by atoms with E-state index < -0.39 is 0 Å². The van der Waals surface area contributed by atoms with E-state index in [0.29, 0.717) is 11.9 Å². The molecule has 0 saturated carbocycles. The van der Waals surface area contributed by atoms with E-state index >= 15 is 0 Å². The van der Waals surface area contributed by atoms with Gasteiger partial charge in [0, 0.05) is 43.2 Å². The fraction of sp³-hybridized carbons (Fsp3) is 0.727. The van der Waals surface area contributed by atoms with Crippen molar-refractivity contribution in [3.63, 3.8) is 0 Å². The number of aromatic nitrogens is 1. The van der Waals surface area contributed by atoms with Gasteiger partial charge in [-0.15, -0.1) is 22.9 Å². The lowest BCUT2D eigenvalue weighted by Crippen LogP contribution is -2.50. The zero-order chi connectivity index (χ0) is 11.5. The summed E-state index contributed by atoms with van der Waals surface area (Å²) in [6.07, 6.45) is 2.95. The second-order valence-corrected chi connectivity index (χ2v) is 5.92. The van der Waals surface area contributed by atoms with Crippen LogP contribution >= 0.6 is 22.9 Å². The highest BCUT2D eigenvalue weighted by atomic mass is 35.5. The van der Waals surface area contributed by atoms with Gasteiger partial charge in [0.15, 0.2) is 0 Å². The molecule has 3 nitrogen and oxygen atoms in total. The highest BCUT2D eigenvalue weighted by Gasteiger charge is 2.23. The summed E-state index contributed by atoms with van der Waals surface area (Å²) in [7, 11) is 4.39. The number of likely N-dealkylation sites (N-methyl/N-ethyl adjacent to an activating group) is 2. The van der Waals surface area contributed by atoms with E-state index in [0.717, 1.165) is 26.1 Å². The first kappa shape index (κ1) is 12.3. The molecule has 1 aromatic rings. The van der Waals surface area contributed by atoms with Gasteiger partial charge in [0.25, 0.3) is 0 Å². The van der Waals surface area contributed by atoms with Crippen LogP contribution in [0.1, 0.15) is 9.88 Å². The summed E-state index contributed by atoms with van der Waals surface area (Å²) >= 11 is 7.53. The SMILES string of the molecule is CN1CCN(C)C(Cc2ncc(CCl)s2)C1. The molecular formula is C11H18ClN3S. The van der Waals surface area contributed by atoms with Crippen molar-refractivity contribution < 1.29 is 0 Å². The largest absolute Gasteiger partial charge is 0.304 e. The summed E-state index contributed by atoms with van der Waals surface area (Å²) in [6, 6.07) is 0.591. The van der Waals surface area contributed by atoms with Crippen LogP contribution in [0.25, 0.3) is 0 Å². The molecule has 0 amide bonds. The molecule has 1 aromatic heterocycles. The first-order valence-corrected chi connectivity index (χ1v) is 6.92. The van der Waals surface area contributed by atoms with Crippen LogP contribution in [0.2, 0.25) is 0 Å². The van der Waals surface area contributed by atoms with E-state index in [9.17, 15) is 0 Å². The topological polar surface area (TPSA) is 19.4 Å². The quantitative estimate of drug-likeness (QED) is 0.770. The van der Waals surface area contributed by atoms with Gasteiger partial charge in [0.2, 0.25) is 0 Å². The normalized spacial score (nSPS) is 23.8. The molecule has 0 radical (unpaired) electrons. The minimum absolute atomic E-state index is 0.581. The molecule has 1 fully saturated rings. The van der Waals surface area contributed by atoms with Crippen LogP contribution in [-0.2, 0) is 12.3 Å². The summed E-state index contributed by atoms with van der Waals surface area (Å²) < 4.78 is 0. The molecule has 5 heteroatoms. The lowest BCUT2D eigenvalue weighted by Gasteiger charge is -2.37. The third-order valence-corrected chi connectivity index (χ3v) is 4.59. The van der Waals surface area contributed by atoms with Crippen LogP contribution in [0, 0.1) is 0 Å². The van der Waals surface area contributed by atoms with Crippen molar-refractivity contribution >= 4 is 22.9 Å². The predicted octanol–water partition coefficient (Wildman–Crippen LogP) is 1.67. The van der Waals surface area contributed by atoms with Crippen molar-refractivity contribution in [1.82, 2.24) is 14.8 Å². The van der Waals surface area contributed by atoms with E-state index in [4.69, 9.17) is 11.6 Å². The summed E-state index contributed by atoms with van der Waals surface area (Å²) in [6.45, 7) is 3.44. The highest BCUT2D eigenvalue weighted by molar-refractivity contribution is 7.11. The molecule has 90 valence electrons. The fourth-order valence-electron chi connectivity index (χ4n) is 2.03. The number of hydrogen-bond acceptors (Lipinski definition) is 4. The summed E-state index contributed by atoms with van der Waals surface area (Å²) in [5, 5.41) is 1.21. The van der Waals surface area contributed by atoms with Crippen molar-refractivity contribution in [2.45, 2.75) is 18.3 Å². The Hall–Kier alpha value is -0.160. The molecule has 0 spiro atoms. The van der Waals surface area contributed by atoms with E-state index in [-0.39, 0.29) is 0 Å². The van der Waals surface area contributed by atoms with Crippen molar-refractivity contribution in [2.75, 3.05) is 33.7 Å². The minimum atomic E-state index is 0.581. The Bertz CT molecular complexity index is 342. The Kier molecular flexibility index (Phi) is 4.19. The van der Waals surface area contributed by atoms with Crippen LogP contribution in [0.15, 0.2) is 6.20 Å². The van der Waals surface area contributed by atoms with E-state index in [2.05, 4.69) is 28.9 Å². The van der Waals surface area contributed by atoms with Gasteiger partial charge in [0.1, 0.15) is 0 Å². The van der Waals surface area contributed by atoms with E-state index in [1.807, 2.05) is 6.20 Å². The van der Waals surface area contributed by atoms with Crippen LogP contribution in [0.3, 0.4) is 0 Å². The Labute approximate surface area is 106 Å². The Morgan fingerprint density at radius 3 is 3.00 bits per heavy atom. The van der Waals surface area contributed by atoms with Crippen LogP contribution < -0.4 is 0 Å². The maximum atomic E-state index is 5.79. The number of rotatable bonds is 3. The van der Waals surface area contributed by atoms with Gasteiger partial charge in [-0.3, -0.25) is 0 Å². The molecule has 0 aromatic carbocycles. The molecule has 1 atom stereocenters. The molecule has 2 rings (SSSR count). The molecule has 1 saturated heterocycles. The van der Waals surface area contributed by atoms with E-state index in [1.165, 1.54) is 9.88 Å². The van der Waals surface area contributed by atoms with Crippen LogP contribution in [-0.4, -0.2) is 54.6 Å². The van der Waals surface area contributed by atoms with Gasteiger partial charge in [-0.25, -0.2) is 4.98 Å². The maximum Gasteiger partial charge on any atom is 0.0944 e. The molecule has 2 heterocycles. The maximum absolute atomic E-state index is 5.79. The molecule has 0 bridgehead atoms. The monoisotopic (exact) mass is 259 g/mol. The third-order valence-electron chi connectivity index (χ3n) is 3.12. The number of hydrogen-bond donors (Lipinski definition) is 0. The minimum Gasteiger partial charge on any atom is -0.304 e. The Morgan fingerprint density at radius 2 is 2.31 bits per heavy atom. The van der Waals surface area contributed by atoms with E-state index in [1.54, 1.807) is 11.3 Å². The molecular weight excluding hydrogens is 242 g/mol. The number of piperazine rings is 1.